The molecule has 0 bridgehead atoms. The van der Waals surface area contributed by atoms with Crippen LogP contribution in [0.2, 0.25) is 6.32 Å². The van der Waals surface area contributed by atoms with Crippen LogP contribution in [-0.4, -0.2) is 46.1 Å². The standard InChI is InChI=1S/C16H15BBrF3N2O3/c1-26-14(25)10-22-13(24)9-23-15(7-2-8-17,16(19,20)21)11-3-5-12(18)6-4-11/h3-6,23H,8-10H2,1H3,(H,22,24)/t15-/m0/s1. The zero-order valence-corrected chi connectivity index (χ0v) is 15.3. The molecule has 1 aromatic carbocycles. The highest BCUT2D eigenvalue weighted by atomic mass is 79.9. The average Bonchev–Trinajstić information content (AvgIpc) is 2.59. The number of alkyl halides is 3. The lowest BCUT2D eigenvalue weighted by Gasteiger charge is -2.32. The van der Waals surface area contributed by atoms with Gasteiger partial charge in [0.2, 0.25) is 11.4 Å². The van der Waals surface area contributed by atoms with Gasteiger partial charge in [0.25, 0.3) is 0 Å². The number of halogens is 4. The Balaban J connectivity index is 3.13. The van der Waals surface area contributed by atoms with Gasteiger partial charge in [-0.1, -0.05) is 34.0 Å². The molecule has 0 fully saturated rings. The lowest BCUT2D eigenvalue weighted by molar-refractivity contribution is -0.182. The van der Waals surface area contributed by atoms with E-state index in [1.165, 1.54) is 24.3 Å². The van der Waals surface area contributed by atoms with Crippen LogP contribution in [0.3, 0.4) is 0 Å². The first-order valence-electron chi connectivity index (χ1n) is 7.27. The molecule has 26 heavy (non-hydrogen) atoms. The first-order chi connectivity index (χ1) is 12.2. The number of nitrogens with one attached hydrogen (secondary N) is 2. The van der Waals surface area contributed by atoms with Crippen LogP contribution in [0.4, 0.5) is 13.2 Å². The Morgan fingerprint density at radius 3 is 2.35 bits per heavy atom. The number of benzene rings is 1. The predicted octanol–water partition coefficient (Wildman–Crippen LogP) is 1.68. The molecule has 2 radical (unpaired) electrons. The van der Waals surface area contributed by atoms with Crippen molar-refractivity contribution in [2.75, 3.05) is 20.2 Å². The van der Waals surface area contributed by atoms with Gasteiger partial charge < -0.3 is 10.1 Å². The first-order valence-corrected chi connectivity index (χ1v) is 8.07. The lowest BCUT2D eigenvalue weighted by Crippen LogP contribution is -2.55. The Hall–Kier alpha value is -1.99. The van der Waals surface area contributed by atoms with E-state index in [1.54, 1.807) is 0 Å². The fourth-order valence-corrected chi connectivity index (χ4v) is 2.22. The number of ether oxygens (including phenoxy) is 1. The second kappa shape index (κ2) is 9.64. The van der Waals surface area contributed by atoms with E-state index in [2.05, 4.69) is 43.1 Å². The summed E-state index contributed by atoms with van der Waals surface area (Å²) in [5, 5.41) is 4.30. The van der Waals surface area contributed by atoms with E-state index >= 15 is 0 Å². The summed E-state index contributed by atoms with van der Waals surface area (Å²) in [5.41, 5.74) is -3.00. The molecule has 0 saturated carbocycles. The van der Waals surface area contributed by atoms with Crippen molar-refractivity contribution in [1.29, 1.82) is 0 Å². The molecule has 0 unspecified atom stereocenters. The summed E-state index contributed by atoms with van der Waals surface area (Å²) in [6, 6.07) is 5.34. The average molecular weight is 431 g/mol. The van der Waals surface area contributed by atoms with Crippen LogP contribution >= 0.6 is 15.9 Å². The topological polar surface area (TPSA) is 67.4 Å². The maximum atomic E-state index is 13.9. The van der Waals surface area contributed by atoms with Gasteiger partial charge >= 0.3 is 12.1 Å². The van der Waals surface area contributed by atoms with E-state index in [0.29, 0.717) is 4.47 Å². The summed E-state index contributed by atoms with van der Waals surface area (Å²) in [4.78, 5) is 22.8. The number of carbonyl (C=O) groups is 2. The third-order valence-corrected chi connectivity index (χ3v) is 3.78. The highest BCUT2D eigenvalue weighted by molar-refractivity contribution is 9.10. The van der Waals surface area contributed by atoms with Crippen molar-refractivity contribution in [3.05, 3.63) is 34.3 Å². The van der Waals surface area contributed by atoms with Crippen molar-refractivity contribution in [2.24, 2.45) is 0 Å². The number of amides is 1. The van der Waals surface area contributed by atoms with E-state index in [9.17, 15) is 22.8 Å². The molecule has 0 aromatic heterocycles. The summed E-state index contributed by atoms with van der Waals surface area (Å²) in [6.45, 7) is -1.19. The normalized spacial score (nSPS) is 13.1. The monoisotopic (exact) mass is 430 g/mol. The molecule has 2 N–H and O–H groups in total. The molecule has 0 aliphatic rings. The molecule has 1 atom stereocenters. The van der Waals surface area contributed by atoms with Crippen molar-refractivity contribution in [2.45, 2.75) is 18.0 Å². The molecule has 0 heterocycles. The highest BCUT2D eigenvalue weighted by Crippen LogP contribution is 2.39. The van der Waals surface area contributed by atoms with Crippen LogP contribution in [0, 0.1) is 11.8 Å². The molecule has 5 nitrogen and oxygen atoms in total. The van der Waals surface area contributed by atoms with Crippen molar-refractivity contribution in [3.8, 4) is 11.8 Å². The molecule has 138 valence electrons. The summed E-state index contributed by atoms with van der Waals surface area (Å²) in [5.74, 6) is 2.76. The molecule has 0 aliphatic heterocycles. The second-order valence-corrected chi connectivity index (χ2v) is 5.88. The van der Waals surface area contributed by atoms with Gasteiger partial charge in [0.15, 0.2) is 0 Å². The molecule has 0 saturated heterocycles. The van der Waals surface area contributed by atoms with Crippen molar-refractivity contribution >= 4 is 35.7 Å². The van der Waals surface area contributed by atoms with E-state index in [1.807, 2.05) is 0 Å². The first kappa shape index (κ1) is 22.1. The van der Waals surface area contributed by atoms with Crippen molar-refractivity contribution in [3.63, 3.8) is 0 Å². The SMILES string of the molecule is [B]CC#C[C@](NCC(=O)NCC(=O)OC)(c1ccc(Br)cc1)C(F)(F)F. The van der Waals surface area contributed by atoms with Gasteiger partial charge in [-0.15, -0.1) is 5.92 Å². The predicted molar refractivity (Wildman–Crippen MR) is 93.2 cm³/mol. The van der Waals surface area contributed by atoms with Gasteiger partial charge in [0.1, 0.15) is 6.54 Å². The van der Waals surface area contributed by atoms with Gasteiger partial charge in [-0.05, 0) is 24.0 Å². The smallest absolute Gasteiger partial charge is 0.422 e. The van der Waals surface area contributed by atoms with Crippen LogP contribution in [0.25, 0.3) is 0 Å². The summed E-state index contributed by atoms with van der Waals surface area (Å²) < 4.78 is 46.6. The molecular formula is C16H15BBrF3N2O3. The number of esters is 1. The molecule has 0 spiro atoms. The lowest BCUT2D eigenvalue weighted by atomic mass is 9.88. The fourth-order valence-electron chi connectivity index (χ4n) is 1.95. The largest absolute Gasteiger partial charge is 0.468 e. The minimum atomic E-state index is -4.84. The Morgan fingerprint density at radius 1 is 1.23 bits per heavy atom. The molecule has 1 aromatic rings. The molecular weight excluding hydrogens is 416 g/mol. The van der Waals surface area contributed by atoms with Crippen LogP contribution in [0.15, 0.2) is 28.7 Å². The third-order valence-electron chi connectivity index (χ3n) is 3.25. The van der Waals surface area contributed by atoms with E-state index in [0.717, 1.165) is 7.11 Å². The van der Waals surface area contributed by atoms with Crippen LogP contribution in [0.1, 0.15) is 5.56 Å². The zero-order valence-electron chi connectivity index (χ0n) is 13.7. The Labute approximate surface area is 158 Å². The van der Waals surface area contributed by atoms with Crippen molar-refractivity contribution < 1.29 is 27.5 Å². The molecule has 1 rings (SSSR count). The van der Waals surface area contributed by atoms with E-state index in [4.69, 9.17) is 7.85 Å². The molecule has 0 aliphatic carbocycles. The fraction of sp³-hybridized carbons (Fsp3) is 0.375. The maximum Gasteiger partial charge on any atom is 0.422 e. The number of hydrogen-bond acceptors (Lipinski definition) is 4. The molecule has 10 heteroatoms. The van der Waals surface area contributed by atoms with Gasteiger partial charge in [-0.3, -0.25) is 14.9 Å². The maximum absolute atomic E-state index is 13.9. The zero-order chi connectivity index (χ0) is 19.8. The third kappa shape index (κ3) is 5.78. The highest BCUT2D eigenvalue weighted by Gasteiger charge is 2.55. The summed E-state index contributed by atoms with van der Waals surface area (Å²) in [7, 11) is 6.35. The van der Waals surface area contributed by atoms with E-state index < -0.39 is 36.7 Å². The van der Waals surface area contributed by atoms with Gasteiger partial charge in [-0.25, -0.2) is 0 Å². The summed E-state index contributed by atoms with van der Waals surface area (Å²) >= 11 is 3.15. The molecule has 1 amide bonds. The van der Waals surface area contributed by atoms with Crippen LogP contribution < -0.4 is 10.6 Å². The quantitative estimate of drug-likeness (QED) is 0.409. The Bertz CT molecular complexity index is 701. The van der Waals surface area contributed by atoms with Gasteiger partial charge in [-0.2, -0.15) is 13.2 Å². The van der Waals surface area contributed by atoms with Crippen LogP contribution in [0.5, 0.6) is 0 Å². The van der Waals surface area contributed by atoms with Crippen molar-refractivity contribution in [1.82, 2.24) is 10.6 Å². The number of carbonyl (C=O) groups excluding carboxylic acids is 2. The Morgan fingerprint density at radius 2 is 1.85 bits per heavy atom. The minimum absolute atomic E-state index is 0.199. The summed E-state index contributed by atoms with van der Waals surface area (Å²) in [6.07, 6.45) is -5.13. The van der Waals surface area contributed by atoms with Gasteiger partial charge in [0, 0.05) is 4.47 Å². The second-order valence-electron chi connectivity index (χ2n) is 4.97. The van der Waals surface area contributed by atoms with Crippen LogP contribution in [-0.2, 0) is 19.9 Å². The minimum Gasteiger partial charge on any atom is -0.468 e. The number of rotatable bonds is 6. The van der Waals surface area contributed by atoms with Gasteiger partial charge in [0.05, 0.1) is 21.5 Å². The number of hydrogen-bond donors (Lipinski definition) is 2. The van der Waals surface area contributed by atoms with E-state index in [-0.39, 0.29) is 11.9 Å². The Kier molecular flexibility index (Phi) is 8.18. The number of methoxy groups -OCH3 is 1.